The van der Waals surface area contributed by atoms with Crippen molar-refractivity contribution in [3.63, 3.8) is 0 Å². The Balaban J connectivity index is 1.87. The van der Waals surface area contributed by atoms with Crippen molar-refractivity contribution >= 4 is 28.5 Å². The van der Waals surface area contributed by atoms with Crippen LogP contribution in [0.25, 0.3) is 22.4 Å². The van der Waals surface area contributed by atoms with Crippen LogP contribution in [0.5, 0.6) is 5.75 Å². The fraction of sp³-hybridized carbons (Fsp3) is 0.444. The summed E-state index contributed by atoms with van der Waals surface area (Å²) in [6.07, 6.45) is 2.88. The van der Waals surface area contributed by atoms with Gasteiger partial charge in [-0.25, -0.2) is 4.98 Å². The Labute approximate surface area is 206 Å². The highest BCUT2D eigenvalue weighted by Gasteiger charge is 2.27. The number of aromatic nitrogens is 2. The average molecular weight is 479 g/mol. The first-order chi connectivity index (χ1) is 16.9. The summed E-state index contributed by atoms with van der Waals surface area (Å²) in [5.41, 5.74) is 3.40. The molecule has 8 nitrogen and oxygen atoms in total. The molecule has 1 fully saturated rings. The first-order valence-corrected chi connectivity index (χ1v) is 12.3. The summed E-state index contributed by atoms with van der Waals surface area (Å²) >= 11 is 0. The van der Waals surface area contributed by atoms with E-state index in [9.17, 15) is 9.59 Å². The summed E-state index contributed by atoms with van der Waals surface area (Å²) in [6, 6.07) is 11.3. The molecule has 0 aliphatic carbocycles. The van der Waals surface area contributed by atoms with Gasteiger partial charge < -0.3 is 24.3 Å². The lowest BCUT2D eigenvalue weighted by Gasteiger charge is -2.26. The highest BCUT2D eigenvalue weighted by Crippen LogP contribution is 2.32. The lowest BCUT2D eigenvalue weighted by atomic mass is 10.1. The van der Waals surface area contributed by atoms with E-state index in [1.165, 1.54) is 6.92 Å². The van der Waals surface area contributed by atoms with E-state index in [0.717, 1.165) is 48.5 Å². The van der Waals surface area contributed by atoms with Crippen LogP contribution < -0.4 is 10.1 Å². The van der Waals surface area contributed by atoms with Crippen molar-refractivity contribution in [2.24, 2.45) is 0 Å². The molecule has 1 saturated heterocycles. The molecule has 1 aliphatic heterocycles. The third-order valence-electron chi connectivity index (χ3n) is 6.27. The largest absolute Gasteiger partial charge is 0.497 e. The molecule has 0 radical (unpaired) electrons. The number of aryl methyl sites for hydroxylation is 1. The summed E-state index contributed by atoms with van der Waals surface area (Å²) in [6.45, 7) is 8.12. The molecule has 35 heavy (non-hydrogen) atoms. The summed E-state index contributed by atoms with van der Waals surface area (Å²) < 4.78 is 13.3. The smallest absolute Gasteiger partial charge is 0.256 e. The lowest BCUT2D eigenvalue weighted by molar-refractivity contribution is -0.114. The molecule has 186 valence electrons. The fourth-order valence-electron chi connectivity index (χ4n) is 4.75. The maximum Gasteiger partial charge on any atom is 0.256 e. The van der Waals surface area contributed by atoms with Crippen LogP contribution in [-0.2, 0) is 16.1 Å². The van der Waals surface area contributed by atoms with Gasteiger partial charge in [-0.3, -0.25) is 9.59 Å². The van der Waals surface area contributed by atoms with Crippen LogP contribution in [0.2, 0.25) is 0 Å². The van der Waals surface area contributed by atoms with Gasteiger partial charge in [0.1, 0.15) is 11.6 Å². The van der Waals surface area contributed by atoms with Gasteiger partial charge in [0, 0.05) is 44.4 Å². The van der Waals surface area contributed by atoms with Gasteiger partial charge in [-0.05, 0) is 50.5 Å². The van der Waals surface area contributed by atoms with Gasteiger partial charge in [0.2, 0.25) is 5.91 Å². The molecule has 2 amide bonds. The Hall–Kier alpha value is -3.39. The summed E-state index contributed by atoms with van der Waals surface area (Å²) in [7, 11) is 1.63. The Morgan fingerprint density at radius 1 is 1.26 bits per heavy atom. The monoisotopic (exact) mass is 478 g/mol. The van der Waals surface area contributed by atoms with Crippen LogP contribution >= 0.6 is 0 Å². The maximum absolute atomic E-state index is 14.0. The highest BCUT2D eigenvalue weighted by atomic mass is 16.5. The molecule has 1 aromatic heterocycles. The number of methoxy groups -OCH3 is 1. The third kappa shape index (κ3) is 5.32. The normalized spacial score (nSPS) is 15.4. The number of nitrogens with one attached hydrogen (secondary N) is 1. The third-order valence-corrected chi connectivity index (χ3v) is 6.27. The standard InChI is InChI=1S/C27H34N4O4/c1-5-12-30(17-22-11-8-13-35-22)27(33)23-15-20(28-18(3)32)16-24-25(23)31(6-2)26(29-24)19-9-7-10-21(14-19)34-4/h7,9-10,14-16,22H,5-6,8,11-13,17H2,1-4H3,(H,28,32)/t22-/m1/s1. The van der Waals surface area contributed by atoms with Crippen molar-refractivity contribution in [1.82, 2.24) is 14.5 Å². The summed E-state index contributed by atoms with van der Waals surface area (Å²) in [5.74, 6) is 1.21. The summed E-state index contributed by atoms with van der Waals surface area (Å²) in [5, 5.41) is 2.84. The van der Waals surface area contributed by atoms with Crippen LogP contribution in [0.4, 0.5) is 5.69 Å². The van der Waals surface area contributed by atoms with Gasteiger partial charge in [0.15, 0.2) is 0 Å². The first-order valence-electron chi connectivity index (χ1n) is 12.3. The van der Waals surface area contributed by atoms with Gasteiger partial charge in [-0.1, -0.05) is 19.1 Å². The van der Waals surface area contributed by atoms with Crippen LogP contribution in [0, 0.1) is 0 Å². The van der Waals surface area contributed by atoms with E-state index in [0.29, 0.717) is 36.4 Å². The number of carbonyl (C=O) groups is 2. The lowest BCUT2D eigenvalue weighted by Crippen LogP contribution is -2.38. The molecular weight excluding hydrogens is 444 g/mol. The molecule has 8 heteroatoms. The highest BCUT2D eigenvalue weighted by molar-refractivity contribution is 6.08. The zero-order chi connectivity index (χ0) is 24.9. The number of hydrogen-bond donors (Lipinski definition) is 1. The second kappa shape index (κ2) is 10.9. The number of amides is 2. The van der Waals surface area contributed by atoms with E-state index in [2.05, 4.69) is 16.8 Å². The van der Waals surface area contributed by atoms with Gasteiger partial charge in [-0.15, -0.1) is 0 Å². The Morgan fingerprint density at radius 2 is 2.09 bits per heavy atom. The van der Waals surface area contributed by atoms with E-state index in [1.54, 1.807) is 13.2 Å². The zero-order valence-corrected chi connectivity index (χ0v) is 21.0. The van der Waals surface area contributed by atoms with Crippen molar-refractivity contribution in [2.75, 3.05) is 32.1 Å². The molecule has 0 bridgehead atoms. The second-order valence-corrected chi connectivity index (χ2v) is 8.87. The zero-order valence-electron chi connectivity index (χ0n) is 21.0. The van der Waals surface area contributed by atoms with E-state index in [-0.39, 0.29) is 17.9 Å². The number of ether oxygens (including phenoxy) is 2. The molecule has 2 aromatic carbocycles. The quantitative estimate of drug-likeness (QED) is 0.481. The number of imidazole rings is 1. The van der Waals surface area contributed by atoms with Crippen molar-refractivity contribution in [3.05, 3.63) is 42.0 Å². The van der Waals surface area contributed by atoms with Gasteiger partial charge >= 0.3 is 0 Å². The van der Waals surface area contributed by atoms with Crippen LogP contribution in [-0.4, -0.2) is 59.2 Å². The number of carbonyl (C=O) groups excluding carboxylic acids is 2. The topological polar surface area (TPSA) is 85.7 Å². The van der Waals surface area contributed by atoms with Gasteiger partial charge in [0.25, 0.3) is 5.91 Å². The number of benzene rings is 2. The van der Waals surface area contributed by atoms with Crippen LogP contribution in [0.1, 0.15) is 50.4 Å². The minimum Gasteiger partial charge on any atom is -0.497 e. The van der Waals surface area contributed by atoms with E-state index in [1.807, 2.05) is 42.2 Å². The molecule has 1 N–H and O–H groups in total. The Bertz CT molecular complexity index is 1210. The minimum absolute atomic E-state index is 0.0583. The molecule has 0 spiro atoms. The van der Waals surface area contributed by atoms with Crippen molar-refractivity contribution in [1.29, 1.82) is 0 Å². The Morgan fingerprint density at radius 3 is 2.74 bits per heavy atom. The van der Waals surface area contributed by atoms with Crippen LogP contribution in [0.15, 0.2) is 36.4 Å². The van der Waals surface area contributed by atoms with Crippen LogP contribution in [0.3, 0.4) is 0 Å². The van der Waals surface area contributed by atoms with Crippen molar-refractivity contribution < 1.29 is 19.1 Å². The summed E-state index contributed by atoms with van der Waals surface area (Å²) in [4.78, 5) is 32.6. The molecule has 0 saturated carbocycles. The van der Waals surface area contributed by atoms with Gasteiger partial charge in [0.05, 0.1) is 29.8 Å². The maximum atomic E-state index is 14.0. The number of nitrogens with zero attached hydrogens (tertiary/aromatic N) is 3. The van der Waals surface area contributed by atoms with Gasteiger partial charge in [-0.2, -0.15) is 0 Å². The molecule has 1 atom stereocenters. The first kappa shape index (κ1) is 24.7. The number of hydrogen-bond acceptors (Lipinski definition) is 5. The van der Waals surface area contributed by atoms with E-state index in [4.69, 9.17) is 14.5 Å². The predicted octanol–water partition coefficient (Wildman–Crippen LogP) is 4.72. The number of anilines is 1. The molecule has 0 unspecified atom stereocenters. The predicted molar refractivity (Wildman–Crippen MR) is 137 cm³/mol. The molecule has 4 rings (SSSR count). The van der Waals surface area contributed by atoms with E-state index < -0.39 is 0 Å². The van der Waals surface area contributed by atoms with Crippen molar-refractivity contribution in [2.45, 2.75) is 52.7 Å². The fourth-order valence-corrected chi connectivity index (χ4v) is 4.75. The second-order valence-electron chi connectivity index (χ2n) is 8.87. The molecule has 2 heterocycles. The number of fused-ring (bicyclic) bond motifs is 1. The van der Waals surface area contributed by atoms with Crippen molar-refractivity contribution in [3.8, 4) is 17.1 Å². The molecular formula is C27H34N4O4. The minimum atomic E-state index is -0.199. The average Bonchev–Trinajstić information content (AvgIpc) is 3.50. The Kier molecular flexibility index (Phi) is 7.70. The SMILES string of the molecule is CCCN(C[C@H]1CCCO1)C(=O)c1cc(NC(C)=O)cc2nc(-c3cccc(OC)c3)n(CC)c12. The molecule has 3 aromatic rings. The molecule has 1 aliphatic rings. The number of rotatable bonds is 9. The van der Waals surface area contributed by atoms with E-state index >= 15 is 0 Å².